The van der Waals surface area contributed by atoms with E-state index < -0.39 is 22.1 Å². The molecule has 0 atom stereocenters. The molecule has 1 aliphatic heterocycles. The number of fused-ring (bicyclic) bond motifs is 1. The lowest BCUT2D eigenvalue weighted by Gasteiger charge is -2.33. The van der Waals surface area contributed by atoms with Crippen molar-refractivity contribution in [1.29, 1.82) is 0 Å². The van der Waals surface area contributed by atoms with Crippen molar-refractivity contribution in [2.45, 2.75) is 17.8 Å². The number of aromatic nitrogens is 1. The smallest absolute Gasteiger partial charge is 0.406 e. The molecular weight excluding hydrogens is 439 g/mol. The number of benzene rings is 2. The van der Waals surface area contributed by atoms with Gasteiger partial charge < -0.3 is 4.74 Å². The van der Waals surface area contributed by atoms with Crippen molar-refractivity contribution >= 4 is 31.6 Å². The molecule has 11 heteroatoms. The predicted molar refractivity (Wildman–Crippen MR) is 107 cm³/mol. The largest absolute Gasteiger partial charge is 0.573 e. The van der Waals surface area contributed by atoms with Crippen LogP contribution in [0.2, 0.25) is 0 Å². The molecule has 0 N–H and O–H groups in total. The van der Waals surface area contributed by atoms with Crippen molar-refractivity contribution in [3.63, 3.8) is 0 Å². The molecule has 160 valence electrons. The van der Waals surface area contributed by atoms with Crippen LogP contribution in [-0.4, -0.2) is 55.1 Å². The molecule has 30 heavy (non-hydrogen) atoms. The Kier molecular flexibility index (Phi) is 5.71. The zero-order valence-electron chi connectivity index (χ0n) is 15.7. The minimum absolute atomic E-state index is 0.0587. The summed E-state index contributed by atoms with van der Waals surface area (Å²) in [7, 11) is -3.78. The highest BCUT2D eigenvalue weighted by Gasteiger charge is 2.32. The third kappa shape index (κ3) is 4.75. The first-order chi connectivity index (χ1) is 14.2. The molecule has 0 unspecified atom stereocenters. The number of piperazine rings is 1. The van der Waals surface area contributed by atoms with E-state index in [1.807, 2.05) is 24.3 Å². The number of rotatable bonds is 5. The average Bonchev–Trinajstić information content (AvgIpc) is 3.10. The van der Waals surface area contributed by atoms with E-state index in [-0.39, 0.29) is 4.90 Å². The summed E-state index contributed by atoms with van der Waals surface area (Å²) in [5.41, 5.74) is 0.955. The van der Waals surface area contributed by atoms with Gasteiger partial charge in [-0.1, -0.05) is 12.1 Å². The molecule has 1 aromatic heterocycles. The third-order valence-electron chi connectivity index (χ3n) is 4.72. The first kappa shape index (κ1) is 21.0. The Morgan fingerprint density at radius 3 is 2.30 bits per heavy atom. The minimum atomic E-state index is -4.82. The van der Waals surface area contributed by atoms with E-state index in [0.29, 0.717) is 32.7 Å². The van der Waals surface area contributed by atoms with Gasteiger partial charge in [-0.25, -0.2) is 13.4 Å². The molecule has 2 aromatic carbocycles. The van der Waals surface area contributed by atoms with Crippen LogP contribution in [0.4, 0.5) is 13.2 Å². The molecule has 1 aliphatic rings. The molecule has 0 spiro atoms. The molecular formula is C19H18F3N3O3S2. The van der Waals surface area contributed by atoms with Crippen molar-refractivity contribution in [3.05, 3.63) is 53.5 Å². The lowest BCUT2D eigenvalue weighted by atomic mass is 10.3. The summed E-state index contributed by atoms with van der Waals surface area (Å²) < 4.78 is 68.6. The van der Waals surface area contributed by atoms with E-state index >= 15 is 0 Å². The fraction of sp³-hybridized carbons (Fsp3) is 0.316. The number of ether oxygens (including phenoxy) is 1. The van der Waals surface area contributed by atoms with Crippen molar-refractivity contribution < 1.29 is 26.3 Å². The van der Waals surface area contributed by atoms with Gasteiger partial charge in [-0.15, -0.1) is 24.5 Å². The summed E-state index contributed by atoms with van der Waals surface area (Å²) >= 11 is 1.62. The fourth-order valence-electron chi connectivity index (χ4n) is 3.27. The molecule has 0 amide bonds. The van der Waals surface area contributed by atoms with Crippen LogP contribution in [0, 0.1) is 0 Å². The summed E-state index contributed by atoms with van der Waals surface area (Å²) in [6, 6.07) is 12.2. The maximum absolute atomic E-state index is 12.8. The molecule has 0 aliphatic carbocycles. The molecule has 4 rings (SSSR count). The van der Waals surface area contributed by atoms with Crippen LogP contribution in [0.25, 0.3) is 10.2 Å². The molecule has 1 fully saturated rings. The lowest BCUT2D eigenvalue weighted by molar-refractivity contribution is -0.274. The zero-order valence-corrected chi connectivity index (χ0v) is 17.3. The van der Waals surface area contributed by atoms with Crippen molar-refractivity contribution in [3.8, 4) is 5.75 Å². The number of thiazole rings is 1. The number of alkyl halides is 3. The highest BCUT2D eigenvalue weighted by molar-refractivity contribution is 7.89. The number of halogens is 3. The third-order valence-corrected chi connectivity index (χ3v) is 7.66. The second kappa shape index (κ2) is 8.14. The second-order valence-electron chi connectivity index (χ2n) is 6.77. The minimum Gasteiger partial charge on any atom is -0.406 e. The van der Waals surface area contributed by atoms with Gasteiger partial charge in [0, 0.05) is 26.2 Å². The Balaban J connectivity index is 1.37. The normalized spacial score (nSPS) is 16.8. The van der Waals surface area contributed by atoms with E-state index in [0.717, 1.165) is 39.5 Å². The Labute approximate surface area is 175 Å². The Morgan fingerprint density at radius 1 is 1.00 bits per heavy atom. The number of hydrogen-bond acceptors (Lipinski definition) is 6. The maximum atomic E-state index is 12.8. The summed E-state index contributed by atoms with van der Waals surface area (Å²) in [6.45, 7) is 2.34. The van der Waals surface area contributed by atoms with Crippen LogP contribution < -0.4 is 4.74 Å². The summed E-state index contributed by atoms with van der Waals surface area (Å²) in [4.78, 5) is 6.69. The second-order valence-corrected chi connectivity index (χ2v) is 9.83. The lowest BCUT2D eigenvalue weighted by Crippen LogP contribution is -2.48. The summed E-state index contributed by atoms with van der Waals surface area (Å²) in [5, 5.41) is 0.979. The van der Waals surface area contributed by atoms with Gasteiger partial charge in [0.2, 0.25) is 10.0 Å². The van der Waals surface area contributed by atoms with Gasteiger partial charge in [-0.2, -0.15) is 4.31 Å². The Morgan fingerprint density at radius 2 is 1.67 bits per heavy atom. The fourth-order valence-corrected chi connectivity index (χ4v) is 5.70. The quantitative estimate of drug-likeness (QED) is 0.585. The van der Waals surface area contributed by atoms with Crippen molar-refractivity contribution in [2.24, 2.45) is 0 Å². The Bertz CT molecular complexity index is 1090. The van der Waals surface area contributed by atoms with Crippen molar-refractivity contribution in [2.75, 3.05) is 26.2 Å². The van der Waals surface area contributed by atoms with Gasteiger partial charge in [-0.05, 0) is 36.4 Å². The maximum Gasteiger partial charge on any atom is 0.573 e. The average molecular weight is 457 g/mol. The molecule has 2 heterocycles. The van der Waals surface area contributed by atoms with Crippen LogP contribution in [0.5, 0.6) is 5.75 Å². The predicted octanol–water partition coefficient (Wildman–Crippen LogP) is 3.70. The molecule has 3 aromatic rings. The number of sulfonamides is 1. The van der Waals surface area contributed by atoms with Gasteiger partial charge in [0.1, 0.15) is 10.8 Å². The van der Waals surface area contributed by atoms with Gasteiger partial charge in [0.05, 0.1) is 21.7 Å². The first-order valence-electron chi connectivity index (χ1n) is 9.13. The monoisotopic (exact) mass is 457 g/mol. The molecule has 1 saturated heterocycles. The molecule has 0 bridgehead atoms. The topological polar surface area (TPSA) is 62.7 Å². The van der Waals surface area contributed by atoms with Gasteiger partial charge in [0.25, 0.3) is 0 Å². The van der Waals surface area contributed by atoms with E-state index in [4.69, 9.17) is 0 Å². The van der Waals surface area contributed by atoms with Crippen LogP contribution in [-0.2, 0) is 16.6 Å². The molecule has 6 nitrogen and oxygen atoms in total. The highest BCUT2D eigenvalue weighted by atomic mass is 32.2. The van der Waals surface area contributed by atoms with E-state index in [1.165, 1.54) is 4.31 Å². The summed E-state index contributed by atoms with van der Waals surface area (Å²) in [5.74, 6) is -0.456. The summed E-state index contributed by atoms with van der Waals surface area (Å²) in [6.07, 6.45) is -4.82. The van der Waals surface area contributed by atoms with Crippen molar-refractivity contribution in [1.82, 2.24) is 14.2 Å². The highest BCUT2D eigenvalue weighted by Crippen LogP contribution is 2.26. The molecule has 0 saturated carbocycles. The van der Waals surface area contributed by atoms with Crippen LogP contribution in [0.15, 0.2) is 53.4 Å². The van der Waals surface area contributed by atoms with Gasteiger partial charge in [0.15, 0.2) is 0 Å². The van der Waals surface area contributed by atoms with Crippen LogP contribution in [0.1, 0.15) is 5.01 Å². The van der Waals surface area contributed by atoms with E-state index in [2.05, 4.69) is 14.6 Å². The van der Waals surface area contributed by atoms with Crippen LogP contribution in [0.3, 0.4) is 0 Å². The van der Waals surface area contributed by atoms with E-state index in [1.54, 1.807) is 11.3 Å². The van der Waals surface area contributed by atoms with E-state index in [9.17, 15) is 21.6 Å². The molecule has 0 radical (unpaired) electrons. The SMILES string of the molecule is O=S(=O)(c1ccc(OC(F)(F)F)cc1)N1CCN(Cc2nc3ccccc3s2)CC1. The number of hydrogen-bond donors (Lipinski definition) is 0. The number of nitrogens with zero attached hydrogens (tertiary/aromatic N) is 3. The van der Waals surface area contributed by atoms with Gasteiger partial charge in [-0.3, -0.25) is 4.90 Å². The number of para-hydroxylation sites is 1. The zero-order chi connectivity index (χ0) is 21.4. The standard InChI is InChI=1S/C19H18F3N3O3S2/c20-19(21,22)28-14-5-7-15(8-6-14)30(26,27)25-11-9-24(10-12-25)13-18-23-16-3-1-2-4-17(16)29-18/h1-8H,9-13H2. The first-order valence-corrected chi connectivity index (χ1v) is 11.4. The Hall–Kier alpha value is -2.21. The van der Waals surface area contributed by atoms with Gasteiger partial charge >= 0.3 is 6.36 Å². The van der Waals surface area contributed by atoms with Crippen LogP contribution >= 0.6 is 11.3 Å².